The van der Waals surface area contributed by atoms with Gasteiger partial charge < -0.3 is 10.6 Å². The first-order chi connectivity index (χ1) is 6.66. The Balaban J connectivity index is 2.11. The average molecular weight is 232 g/mol. The Morgan fingerprint density at radius 1 is 1.71 bits per heavy atom. The third kappa shape index (κ3) is 2.02. The monoisotopic (exact) mass is 231 g/mol. The number of hydrogen-bond donors (Lipinski definition) is 1. The van der Waals surface area contributed by atoms with E-state index in [1.165, 1.54) is 0 Å². The first-order valence-corrected chi connectivity index (χ1v) is 6.06. The topological polar surface area (TPSA) is 42.1 Å². The minimum Gasteiger partial charge on any atom is -0.345 e. The van der Waals surface area contributed by atoms with E-state index < -0.39 is 0 Å². The van der Waals surface area contributed by atoms with Gasteiger partial charge in [-0.05, 0) is 19.8 Å². The smallest absolute Gasteiger partial charge is 0.186 e. The maximum atomic E-state index is 5.90. The molecule has 2 heterocycles. The SMILES string of the molecule is CC1CC(N)CCN1c1nc(Cl)cs1. The zero-order chi connectivity index (χ0) is 10.1. The molecule has 1 aromatic rings. The van der Waals surface area contributed by atoms with Gasteiger partial charge in [0.05, 0.1) is 0 Å². The first kappa shape index (κ1) is 10.2. The van der Waals surface area contributed by atoms with Crippen molar-refractivity contribution in [3.8, 4) is 0 Å². The Hall–Kier alpha value is -0.320. The van der Waals surface area contributed by atoms with Gasteiger partial charge >= 0.3 is 0 Å². The van der Waals surface area contributed by atoms with Crippen LogP contribution < -0.4 is 10.6 Å². The molecule has 0 saturated carbocycles. The van der Waals surface area contributed by atoms with Crippen molar-refractivity contribution in [2.45, 2.75) is 31.8 Å². The number of piperidine rings is 1. The molecule has 2 rings (SSSR count). The van der Waals surface area contributed by atoms with Crippen LogP contribution in [0.4, 0.5) is 5.13 Å². The molecule has 1 aliphatic rings. The summed E-state index contributed by atoms with van der Waals surface area (Å²) in [6.45, 7) is 3.18. The summed E-state index contributed by atoms with van der Waals surface area (Å²) in [6.07, 6.45) is 2.08. The van der Waals surface area contributed by atoms with Crippen LogP contribution in [0.1, 0.15) is 19.8 Å². The molecule has 0 bridgehead atoms. The predicted octanol–water partition coefficient (Wildman–Crippen LogP) is 2.11. The second-order valence-corrected chi connectivity index (χ2v) is 5.00. The number of thiazole rings is 1. The molecule has 2 atom stereocenters. The molecule has 14 heavy (non-hydrogen) atoms. The van der Waals surface area contributed by atoms with Crippen LogP contribution in [-0.4, -0.2) is 23.6 Å². The van der Waals surface area contributed by atoms with Crippen LogP contribution in [0.15, 0.2) is 5.38 Å². The lowest BCUT2D eigenvalue weighted by Crippen LogP contribution is -2.45. The Labute approximate surface area is 92.9 Å². The largest absolute Gasteiger partial charge is 0.345 e. The highest BCUT2D eigenvalue weighted by Crippen LogP contribution is 2.28. The summed E-state index contributed by atoms with van der Waals surface area (Å²) in [5.41, 5.74) is 5.90. The van der Waals surface area contributed by atoms with Crippen molar-refractivity contribution in [2.24, 2.45) is 5.73 Å². The number of nitrogens with zero attached hydrogens (tertiary/aromatic N) is 2. The molecule has 1 aromatic heterocycles. The molecule has 0 aromatic carbocycles. The minimum absolute atomic E-state index is 0.344. The van der Waals surface area contributed by atoms with Crippen molar-refractivity contribution in [1.82, 2.24) is 4.98 Å². The summed E-state index contributed by atoms with van der Waals surface area (Å²) in [4.78, 5) is 6.57. The third-order valence-corrected chi connectivity index (χ3v) is 3.83. The minimum atomic E-state index is 0.344. The van der Waals surface area contributed by atoms with Crippen LogP contribution in [0.2, 0.25) is 5.15 Å². The highest BCUT2D eigenvalue weighted by Gasteiger charge is 2.24. The van der Waals surface area contributed by atoms with Crippen molar-refractivity contribution >= 4 is 28.1 Å². The van der Waals surface area contributed by atoms with Crippen molar-refractivity contribution in [3.05, 3.63) is 10.5 Å². The van der Waals surface area contributed by atoms with Crippen molar-refractivity contribution in [1.29, 1.82) is 0 Å². The number of halogens is 1. The number of anilines is 1. The van der Waals surface area contributed by atoms with Crippen LogP contribution in [-0.2, 0) is 0 Å². The lowest BCUT2D eigenvalue weighted by molar-refractivity contribution is 0.429. The summed E-state index contributed by atoms with van der Waals surface area (Å²) in [6, 6.07) is 0.817. The molecule has 78 valence electrons. The maximum absolute atomic E-state index is 5.90. The van der Waals surface area contributed by atoms with Gasteiger partial charge in [0.1, 0.15) is 5.15 Å². The molecule has 0 amide bonds. The van der Waals surface area contributed by atoms with E-state index in [-0.39, 0.29) is 0 Å². The van der Waals surface area contributed by atoms with E-state index in [4.69, 9.17) is 17.3 Å². The van der Waals surface area contributed by atoms with Gasteiger partial charge in [-0.15, -0.1) is 11.3 Å². The number of nitrogens with two attached hydrogens (primary N) is 1. The molecule has 1 aliphatic heterocycles. The molecule has 0 spiro atoms. The molecule has 3 nitrogen and oxygen atoms in total. The van der Waals surface area contributed by atoms with E-state index in [0.29, 0.717) is 17.2 Å². The highest BCUT2D eigenvalue weighted by molar-refractivity contribution is 7.14. The van der Waals surface area contributed by atoms with Gasteiger partial charge in [-0.2, -0.15) is 0 Å². The van der Waals surface area contributed by atoms with E-state index in [0.717, 1.165) is 24.5 Å². The Bertz CT molecular complexity index is 315. The zero-order valence-electron chi connectivity index (χ0n) is 8.11. The van der Waals surface area contributed by atoms with Gasteiger partial charge in [0.2, 0.25) is 0 Å². The maximum Gasteiger partial charge on any atom is 0.186 e. The number of aromatic nitrogens is 1. The van der Waals surface area contributed by atoms with Crippen molar-refractivity contribution < 1.29 is 0 Å². The van der Waals surface area contributed by atoms with E-state index >= 15 is 0 Å². The fourth-order valence-electron chi connectivity index (χ4n) is 1.87. The Morgan fingerprint density at radius 3 is 3.07 bits per heavy atom. The molecular formula is C9H14ClN3S. The lowest BCUT2D eigenvalue weighted by Gasteiger charge is -2.36. The van der Waals surface area contributed by atoms with Gasteiger partial charge in [0.15, 0.2) is 5.13 Å². The number of rotatable bonds is 1. The summed E-state index contributed by atoms with van der Waals surface area (Å²) in [5, 5.41) is 3.49. The highest BCUT2D eigenvalue weighted by atomic mass is 35.5. The Kier molecular flexibility index (Phi) is 2.95. The Morgan fingerprint density at radius 2 is 2.50 bits per heavy atom. The quantitative estimate of drug-likeness (QED) is 0.805. The van der Waals surface area contributed by atoms with Crippen molar-refractivity contribution in [2.75, 3.05) is 11.4 Å². The van der Waals surface area contributed by atoms with Crippen LogP contribution in [0.25, 0.3) is 0 Å². The summed E-state index contributed by atoms with van der Waals surface area (Å²) in [5.74, 6) is 0. The predicted molar refractivity (Wildman–Crippen MR) is 61.1 cm³/mol. The van der Waals surface area contributed by atoms with Gasteiger partial charge in [-0.25, -0.2) is 4.98 Å². The zero-order valence-corrected chi connectivity index (χ0v) is 9.68. The standard InChI is InChI=1S/C9H14ClN3S/c1-6-4-7(11)2-3-13(6)9-12-8(10)5-14-9/h5-7H,2-4,11H2,1H3. The third-order valence-electron chi connectivity index (χ3n) is 2.63. The molecule has 5 heteroatoms. The fourth-order valence-corrected chi connectivity index (χ4v) is 2.95. The van der Waals surface area contributed by atoms with Crippen LogP contribution >= 0.6 is 22.9 Å². The fraction of sp³-hybridized carbons (Fsp3) is 0.667. The van der Waals surface area contributed by atoms with Gasteiger partial charge in [-0.3, -0.25) is 0 Å². The van der Waals surface area contributed by atoms with Crippen LogP contribution in [0.5, 0.6) is 0 Å². The molecule has 0 aliphatic carbocycles. The first-order valence-electron chi connectivity index (χ1n) is 4.80. The van der Waals surface area contributed by atoms with E-state index in [2.05, 4.69) is 16.8 Å². The number of hydrogen-bond acceptors (Lipinski definition) is 4. The second kappa shape index (κ2) is 4.04. The van der Waals surface area contributed by atoms with Gasteiger partial charge in [0, 0.05) is 24.0 Å². The van der Waals surface area contributed by atoms with Gasteiger partial charge in [0.25, 0.3) is 0 Å². The molecule has 0 radical (unpaired) electrons. The molecule has 1 saturated heterocycles. The summed E-state index contributed by atoms with van der Waals surface area (Å²) >= 11 is 7.41. The average Bonchev–Trinajstić information content (AvgIpc) is 2.51. The van der Waals surface area contributed by atoms with Crippen LogP contribution in [0, 0.1) is 0 Å². The summed E-state index contributed by atoms with van der Waals surface area (Å²) < 4.78 is 0. The van der Waals surface area contributed by atoms with E-state index in [1.54, 1.807) is 11.3 Å². The van der Waals surface area contributed by atoms with E-state index in [9.17, 15) is 0 Å². The van der Waals surface area contributed by atoms with Crippen LogP contribution in [0.3, 0.4) is 0 Å². The van der Waals surface area contributed by atoms with Crippen molar-refractivity contribution in [3.63, 3.8) is 0 Å². The molecule has 2 N–H and O–H groups in total. The second-order valence-electron chi connectivity index (χ2n) is 3.78. The molecule has 1 fully saturated rings. The normalized spacial score (nSPS) is 28.1. The molecular weight excluding hydrogens is 218 g/mol. The summed E-state index contributed by atoms with van der Waals surface area (Å²) in [7, 11) is 0. The lowest BCUT2D eigenvalue weighted by atomic mass is 10.00. The van der Waals surface area contributed by atoms with E-state index in [1.807, 2.05) is 5.38 Å². The molecule has 2 unspecified atom stereocenters. The van der Waals surface area contributed by atoms with Gasteiger partial charge in [-0.1, -0.05) is 11.6 Å².